The van der Waals surface area contributed by atoms with Crippen LogP contribution in [0.15, 0.2) is 48.8 Å². The Balaban J connectivity index is 1.45. The van der Waals surface area contributed by atoms with Gasteiger partial charge in [0, 0.05) is 32.0 Å². The summed E-state index contributed by atoms with van der Waals surface area (Å²) in [5.74, 6) is 0.180. The van der Waals surface area contributed by atoms with Gasteiger partial charge in [-0.15, -0.1) is 0 Å². The molecule has 1 aliphatic heterocycles. The Kier molecular flexibility index (Phi) is 6.96. The zero-order valence-corrected chi connectivity index (χ0v) is 16.3. The summed E-state index contributed by atoms with van der Waals surface area (Å²) in [4.78, 5) is 20.8. The number of carbonyl (C=O) groups excluding carboxylic acids is 1. The second-order valence-electron chi connectivity index (χ2n) is 7.43. The molecule has 1 aliphatic rings. The highest BCUT2D eigenvalue weighted by molar-refractivity contribution is 5.78. The second kappa shape index (κ2) is 9.62. The van der Waals surface area contributed by atoms with Crippen LogP contribution in [0.1, 0.15) is 29.5 Å². The molecule has 0 spiro atoms. The van der Waals surface area contributed by atoms with Gasteiger partial charge >= 0.3 is 0 Å². The number of likely N-dealkylation sites (tertiary alicyclic amines) is 1. The molecule has 144 valence electrons. The van der Waals surface area contributed by atoms with Crippen LogP contribution >= 0.6 is 0 Å². The molecule has 1 aromatic heterocycles. The highest BCUT2D eigenvalue weighted by atomic mass is 16.5. The predicted octanol–water partition coefficient (Wildman–Crippen LogP) is 3.03. The van der Waals surface area contributed by atoms with Crippen molar-refractivity contribution >= 4 is 5.91 Å². The number of rotatable bonds is 7. The van der Waals surface area contributed by atoms with E-state index in [1.807, 2.05) is 30.3 Å². The number of pyridine rings is 1. The molecule has 0 bridgehead atoms. The summed E-state index contributed by atoms with van der Waals surface area (Å²) in [5, 5.41) is 0. The lowest BCUT2D eigenvalue weighted by Crippen LogP contribution is -2.46. The van der Waals surface area contributed by atoms with Gasteiger partial charge in [0.25, 0.3) is 0 Å². The van der Waals surface area contributed by atoms with E-state index in [1.54, 1.807) is 6.20 Å². The van der Waals surface area contributed by atoms with Crippen molar-refractivity contribution < 1.29 is 9.53 Å². The first-order valence-corrected chi connectivity index (χ1v) is 9.62. The molecule has 1 unspecified atom stereocenters. The van der Waals surface area contributed by atoms with Crippen molar-refractivity contribution in [2.45, 2.75) is 39.0 Å². The molecule has 27 heavy (non-hydrogen) atoms. The summed E-state index contributed by atoms with van der Waals surface area (Å²) in [6, 6.07) is 12.4. The zero-order valence-electron chi connectivity index (χ0n) is 16.3. The third-order valence-electron chi connectivity index (χ3n) is 4.92. The number of aryl methyl sites for hydroxylation is 1. The summed E-state index contributed by atoms with van der Waals surface area (Å²) in [6.07, 6.45) is 5.68. The molecule has 0 N–H and O–H groups in total. The Morgan fingerprint density at radius 2 is 2.07 bits per heavy atom. The van der Waals surface area contributed by atoms with E-state index >= 15 is 0 Å². The number of hydrogen-bond donors (Lipinski definition) is 0. The van der Waals surface area contributed by atoms with Gasteiger partial charge in [0.1, 0.15) is 0 Å². The number of benzene rings is 1. The maximum atomic E-state index is 12.7. The number of piperidine rings is 1. The SMILES string of the molecule is Cc1ccc(CN(C)CC(=O)N2CCCC(OCc3cccnc3)C2)cc1. The van der Waals surface area contributed by atoms with Crippen molar-refractivity contribution in [2.75, 3.05) is 26.7 Å². The van der Waals surface area contributed by atoms with E-state index in [0.717, 1.165) is 31.5 Å². The first-order chi connectivity index (χ1) is 13.1. The monoisotopic (exact) mass is 367 g/mol. The fourth-order valence-electron chi connectivity index (χ4n) is 3.39. The van der Waals surface area contributed by atoms with Crippen LogP contribution in [0.2, 0.25) is 0 Å². The van der Waals surface area contributed by atoms with Crippen molar-refractivity contribution in [1.82, 2.24) is 14.8 Å². The topological polar surface area (TPSA) is 45.7 Å². The normalized spacial score (nSPS) is 17.3. The summed E-state index contributed by atoms with van der Waals surface area (Å²) in [6.45, 7) is 5.35. The van der Waals surface area contributed by atoms with Gasteiger partial charge in [-0.25, -0.2) is 0 Å². The van der Waals surface area contributed by atoms with Crippen molar-refractivity contribution in [1.29, 1.82) is 0 Å². The minimum absolute atomic E-state index is 0.102. The van der Waals surface area contributed by atoms with Crippen molar-refractivity contribution in [3.63, 3.8) is 0 Å². The van der Waals surface area contributed by atoms with Gasteiger partial charge in [-0.2, -0.15) is 0 Å². The number of likely N-dealkylation sites (N-methyl/N-ethyl adjacent to an activating group) is 1. The van der Waals surface area contributed by atoms with Gasteiger partial charge in [-0.3, -0.25) is 14.7 Å². The molecule has 5 heteroatoms. The minimum atomic E-state index is 0.102. The summed E-state index contributed by atoms with van der Waals surface area (Å²) in [7, 11) is 2.00. The molecule has 3 rings (SSSR count). The maximum Gasteiger partial charge on any atom is 0.236 e. The van der Waals surface area contributed by atoms with Gasteiger partial charge in [0.15, 0.2) is 0 Å². The number of amides is 1. The molecule has 0 saturated carbocycles. The lowest BCUT2D eigenvalue weighted by molar-refractivity contribution is -0.136. The van der Waals surface area contributed by atoms with Crippen LogP contribution in [0.25, 0.3) is 0 Å². The molecule has 1 aromatic carbocycles. The largest absolute Gasteiger partial charge is 0.372 e. The predicted molar refractivity (Wildman–Crippen MR) is 106 cm³/mol. The Morgan fingerprint density at radius 3 is 2.81 bits per heavy atom. The number of hydrogen-bond acceptors (Lipinski definition) is 4. The second-order valence-corrected chi connectivity index (χ2v) is 7.43. The quantitative estimate of drug-likeness (QED) is 0.755. The van der Waals surface area contributed by atoms with Crippen LogP contribution in [0.3, 0.4) is 0 Å². The van der Waals surface area contributed by atoms with Crippen molar-refractivity contribution in [3.05, 3.63) is 65.5 Å². The van der Waals surface area contributed by atoms with Crippen molar-refractivity contribution in [3.8, 4) is 0 Å². The lowest BCUT2D eigenvalue weighted by atomic mass is 10.1. The molecule has 2 aromatic rings. The van der Waals surface area contributed by atoms with Crippen LogP contribution in [-0.2, 0) is 22.7 Å². The van der Waals surface area contributed by atoms with Crippen molar-refractivity contribution in [2.24, 2.45) is 0 Å². The van der Waals surface area contributed by atoms with E-state index in [9.17, 15) is 4.79 Å². The Labute approximate surface area is 162 Å². The van der Waals surface area contributed by atoms with Gasteiger partial charge in [0.2, 0.25) is 5.91 Å². The van der Waals surface area contributed by atoms with Gasteiger partial charge in [0.05, 0.1) is 19.3 Å². The standard InChI is InChI=1S/C22H29N3O2/c1-18-7-9-19(10-8-18)14-24(2)16-22(26)25-12-4-6-21(15-25)27-17-20-5-3-11-23-13-20/h3,5,7-11,13,21H,4,6,12,14-17H2,1-2H3. The lowest BCUT2D eigenvalue weighted by Gasteiger charge is -2.33. The number of aromatic nitrogens is 1. The number of ether oxygens (including phenoxy) is 1. The average molecular weight is 367 g/mol. The van der Waals surface area contributed by atoms with Gasteiger partial charge < -0.3 is 9.64 Å². The molecule has 1 amide bonds. The zero-order chi connectivity index (χ0) is 19.1. The summed E-state index contributed by atoms with van der Waals surface area (Å²) in [5.41, 5.74) is 3.55. The Hall–Kier alpha value is -2.24. The first-order valence-electron chi connectivity index (χ1n) is 9.62. The molecule has 1 saturated heterocycles. The Morgan fingerprint density at radius 1 is 1.26 bits per heavy atom. The molecule has 1 atom stereocenters. The van der Waals surface area contributed by atoms with Crippen LogP contribution in [0.4, 0.5) is 0 Å². The fraction of sp³-hybridized carbons (Fsp3) is 0.455. The van der Waals surface area contributed by atoms with Crippen LogP contribution in [0, 0.1) is 6.92 Å². The third-order valence-corrected chi connectivity index (χ3v) is 4.92. The van der Waals surface area contributed by atoms with E-state index < -0.39 is 0 Å². The molecule has 0 aliphatic carbocycles. The molecular weight excluding hydrogens is 338 g/mol. The molecule has 5 nitrogen and oxygen atoms in total. The summed E-state index contributed by atoms with van der Waals surface area (Å²) < 4.78 is 6.01. The van der Waals surface area contributed by atoms with Crippen LogP contribution < -0.4 is 0 Å². The van der Waals surface area contributed by atoms with E-state index in [0.29, 0.717) is 19.7 Å². The highest BCUT2D eigenvalue weighted by Gasteiger charge is 2.24. The molecule has 1 fully saturated rings. The molecule has 2 heterocycles. The number of carbonyl (C=O) groups is 1. The minimum Gasteiger partial charge on any atom is -0.372 e. The smallest absolute Gasteiger partial charge is 0.236 e. The summed E-state index contributed by atoms with van der Waals surface area (Å²) >= 11 is 0. The van der Waals surface area contributed by atoms with E-state index in [2.05, 4.69) is 41.1 Å². The third kappa shape index (κ3) is 6.15. The van der Waals surface area contributed by atoms with Gasteiger partial charge in [-0.05, 0) is 44.0 Å². The van der Waals surface area contributed by atoms with E-state index in [-0.39, 0.29) is 12.0 Å². The highest BCUT2D eigenvalue weighted by Crippen LogP contribution is 2.16. The molecule has 0 radical (unpaired) electrons. The van der Waals surface area contributed by atoms with Crippen LogP contribution in [0.5, 0.6) is 0 Å². The molecular formula is C22H29N3O2. The van der Waals surface area contributed by atoms with E-state index in [1.165, 1.54) is 11.1 Å². The van der Waals surface area contributed by atoms with Crippen LogP contribution in [-0.4, -0.2) is 53.5 Å². The first kappa shape index (κ1) is 19.5. The fourth-order valence-corrected chi connectivity index (χ4v) is 3.39. The van der Waals surface area contributed by atoms with E-state index in [4.69, 9.17) is 4.74 Å². The number of nitrogens with zero attached hydrogens (tertiary/aromatic N) is 3. The maximum absolute atomic E-state index is 12.7. The average Bonchev–Trinajstić information content (AvgIpc) is 2.69. The van der Waals surface area contributed by atoms with Gasteiger partial charge in [-0.1, -0.05) is 35.9 Å². The Bertz CT molecular complexity index is 718.